The van der Waals surface area contributed by atoms with Gasteiger partial charge < -0.3 is 5.11 Å². The minimum Gasteiger partial charge on any atom is -0.481 e. The first kappa shape index (κ1) is 19.0. The summed E-state index contributed by atoms with van der Waals surface area (Å²) in [5, 5.41) is 9.18. The van der Waals surface area contributed by atoms with E-state index in [9.17, 15) is 13.2 Å². The smallest absolute Gasteiger partial charge is 0.307 e. The minimum absolute atomic E-state index is 0.0643. The van der Waals surface area contributed by atoms with Crippen LogP contribution in [0.4, 0.5) is 5.69 Å². The van der Waals surface area contributed by atoms with Crippen LogP contribution in [-0.2, 0) is 27.7 Å². The van der Waals surface area contributed by atoms with Gasteiger partial charge in [-0.3, -0.25) is 9.10 Å². The lowest BCUT2D eigenvalue weighted by Gasteiger charge is -2.31. The molecule has 1 aliphatic heterocycles. The molecule has 26 heavy (non-hydrogen) atoms. The van der Waals surface area contributed by atoms with E-state index in [1.54, 1.807) is 31.2 Å². The highest BCUT2D eigenvalue weighted by Gasteiger charge is 2.33. The second-order valence-corrected chi connectivity index (χ2v) is 8.81. The standard InChI is InChI=1S/C18H17Cl2NO4S/c1-11-4-7-14(19)18(17(11)20)26(24,25)21-8-2-3-13-6-5-12(9-15(13)21)10-16(22)23/h4-7,9H,2-3,8,10H2,1H3,(H,22,23). The number of carboxylic acids is 1. The summed E-state index contributed by atoms with van der Waals surface area (Å²) in [5.74, 6) is -0.972. The minimum atomic E-state index is -3.98. The number of aryl methyl sites for hydroxylation is 2. The van der Waals surface area contributed by atoms with Crippen molar-refractivity contribution < 1.29 is 18.3 Å². The Balaban J connectivity index is 2.14. The van der Waals surface area contributed by atoms with Crippen LogP contribution in [0.3, 0.4) is 0 Å². The summed E-state index contributed by atoms with van der Waals surface area (Å²) >= 11 is 12.4. The van der Waals surface area contributed by atoms with Crippen molar-refractivity contribution in [3.63, 3.8) is 0 Å². The molecule has 0 saturated carbocycles. The van der Waals surface area contributed by atoms with Crippen LogP contribution in [-0.4, -0.2) is 26.0 Å². The Kier molecular flexibility index (Phi) is 5.19. The van der Waals surface area contributed by atoms with Gasteiger partial charge in [0.25, 0.3) is 10.0 Å². The number of nitrogens with zero attached hydrogens (tertiary/aromatic N) is 1. The van der Waals surface area contributed by atoms with Gasteiger partial charge in [0.15, 0.2) is 0 Å². The Hall–Kier alpha value is -1.76. The van der Waals surface area contributed by atoms with E-state index in [-0.39, 0.29) is 27.9 Å². The SMILES string of the molecule is Cc1ccc(Cl)c(S(=O)(=O)N2CCCc3ccc(CC(=O)O)cc32)c1Cl. The average Bonchev–Trinajstić information content (AvgIpc) is 2.57. The van der Waals surface area contributed by atoms with Crippen molar-refractivity contribution in [2.24, 2.45) is 0 Å². The maximum absolute atomic E-state index is 13.3. The topological polar surface area (TPSA) is 74.7 Å². The van der Waals surface area contributed by atoms with Crippen molar-refractivity contribution in [1.29, 1.82) is 0 Å². The number of fused-ring (bicyclic) bond motifs is 1. The summed E-state index contributed by atoms with van der Waals surface area (Å²) in [6.45, 7) is 2.00. The Morgan fingerprint density at radius 2 is 1.96 bits per heavy atom. The first-order valence-electron chi connectivity index (χ1n) is 8.02. The molecule has 0 amide bonds. The van der Waals surface area contributed by atoms with Gasteiger partial charge in [-0.15, -0.1) is 0 Å². The maximum atomic E-state index is 13.3. The predicted octanol–water partition coefficient (Wildman–Crippen LogP) is 4.07. The van der Waals surface area contributed by atoms with Gasteiger partial charge in [-0.05, 0) is 48.6 Å². The van der Waals surface area contributed by atoms with Crippen LogP contribution in [0.1, 0.15) is 23.1 Å². The van der Waals surface area contributed by atoms with E-state index in [2.05, 4.69) is 0 Å². The highest BCUT2D eigenvalue weighted by atomic mass is 35.5. The Morgan fingerprint density at radius 1 is 1.23 bits per heavy atom. The van der Waals surface area contributed by atoms with Gasteiger partial charge in [-0.1, -0.05) is 41.4 Å². The molecule has 5 nitrogen and oxygen atoms in total. The summed E-state index contributed by atoms with van der Waals surface area (Å²) in [7, 11) is -3.98. The second-order valence-electron chi connectivity index (χ2n) is 6.22. The van der Waals surface area contributed by atoms with E-state index in [0.29, 0.717) is 23.2 Å². The van der Waals surface area contributed by atoms with E-state index in [1.807, 2.05) is 0 Å². The molecule has 0 fully saturated rings. The normalized spacial score (nSPS) is 14.2. The molecule has 3 rings (SSSR count). The number of aliphatic carboxylic acids is 1. The van der Waals surface area contributed by atoms with Crippen molar-refractivity contribution in [2.45, 2.75) is 31.1 Å². The number of sulfonamides is 1. The third kappa shape index (κ3) is 3.41. The van der Waals surface area contributed by atoms with Gasteiger partial charge in [-0.25, -0.2) is 8.42 Å². The zero-order valence-electron chi connectivity index (χ0n) is 14.0. The van der Waals surface area contributed by atoms with Crippen LogP contribution in [0.15, 0.2) is 35.2 Å². The van der Waals surface area contributed by atoms with Gasteiger partial charge in [0, 0.05) is 6.54 Å². The molecule has 0 bridgehead atoms. The van der Waals surface area contributed by atoms with E-state index >= 15 is 0 Å². The first-order chi connectivity index (χ1) is 12.2. The molecular formula is C18H17Cl2NO4S. The van der Waals surface area contributed by atoms with Crippen molar-refractivity contribution in [1.82, 2.24) is 0 Å². The number of carboxylic acid groups (broad SMARTS) is 1. The van der Waals surface area contributed by atoms with Crippen molar-refractivity contribution >= 4 is 44.9 Å². The molecule has 8 heteroatoms. The summed E-state index contributed by atoms with van der Waals surface area (Å²) in [5.41, 5.74) is 2.50. The fraction of sp³-hybridized carbons (Fsp3) is 0.278. The van der Waals surface area contributed by atoms with Crippen LogP contribution in [0, 0.1) is 6.92 Å². The summed E-state index contributed by atoms with van der Waals surface area (Å²) in [6.07, 6.45) is 1.21. The Bertz CT molecular complexity index is 989. The zero-order chi connectivity index (χ0) is 19.1. The fourth-order valence-electron chi connectivity index (χ4n) is 3.10. The van der Waals surface area contributed by atoms with E-state index < -0.39 is 16.0 Å². The van der Waals surface area contributed by atoms with Gasteiger partial charge in [-0.2, -0.15) is 0 Å². The highest BCUT2D eigenvalue weighted by molar-refractivity contribution is 7.93. The van der Waals surface area contributed by atoms with Crippen molar-refractivity contribution in [2.75, 3.05) is 10.8 Å². The van der Waals surface area contributed by atoms with E-state index in [4.69, 9.17) is 28.3 Å². The molecular weight excluding hydrogens is 397 g/mol. The van der Waals surface area contributed by atoms with E-state index in [0.717, 1.165) is 12.0 Å². The molecule has 0 aliphatic carbocycles. The summed E-state index contributed by atoms with van der Waals surface area (Å²) in [4.78, 5) is 10.9. The van der Waals surface area contributed by atoms with Crippen molar-refractivity contribution in [3.8, 4) is 0 Å². The number of halogens is 2. The maximum Gasteiger partial charge on any atom is 0.307 e. The van der Waals surface area contributed by atoms with Crippen LogP contribution in [0.25, 0.3) is 0 Å². The van der Waals surface area contributed by atoms with Crippen LogP contribution in [0.5, 0.6) is 0 Å². The molecule has 2 aromatic rings. The Morgan fingerprint density at radius 3 is 2.65 bits per heavy atom. The van der Waals surface area contributed by atoms with Gasteiger partial charge in [0.2, 0.25) is 0 Å². The molecule has 2 aromatic carbocycles. The lowest BCUT2D eigenvalue weighted by molar-refractivity contribution is -0.136. The molecule has 1 heterocycles. The van der Waals surface area contributed by atoms with Gasteiger partial charge in [0.1, 0.15) is 4.90 Å². The summed E-state index contributed by atoms with van der Waals surface area (Å²) < 4.78 is 27.9. The number of hydrogen-bond donors (Lipinski definition) is 1. The monoisotopic (exact) mass is 413 g/mol. The molecule has 138 valence electrons. The fourth-order valence-corrected chi connectivity index (χ4v) is 5.77. The molecule has 0 spiro atoms. The van der Waals surface area contributed by atoms with Gasteiger partial charge in [0.05, 0.1) is 22.2 Å². The Labute approximate surface area is 162 Å². The van der Waals surface area contributed by atoms with Gasteiger partial charge >= 0.3 is 5.97 Å². The number of anilines is 1. The molecule has 1 aliphatic rings. The molecule has 0 unspecified atom stereocenters. The zero-order valence-corrected chi connectivity index (χ0v) is 16.3. The second kappa shape index (κ2) is 7.10. The number of hydrogen-bond acceptors (Lipinski definition) is 3. The molecule has 1 N–H and O–H groups in total. The average molecular weight is 414 g/mol. The molecule has 0 saturated heterocycles. The number of benzene rings is 2. The summed E-state index contributed by atoms with van der Waals surface area (Å²) in [6, 6.07) is 8.31. The molecule has 0 radical (unpaired) electrons. The first-order valence-corrected chi connectivity index (χ1v) is 10.2. The number of carbonyl (C=O) groups is 1. The predicted molar refractivity (Wildman–Crippen MR) is 102 cm³/mol. The lowest BCUT2D eigenvalue weighted by atomic mass is 10.0. The number of rotatable bonds is 4. The van der Waals surface area contributed by atoms with Crippen molar-refractivity contribution in [3.05, 3.63) is 57.1 Å². The van der Waals surface area contributed by atoms with E-state index in [1.165, 1.54) is 10.4 Å². The molecule has 0 atom stereocenters. The quantitative estimate of drug-likeness (QED) is 0.819. The lowest BCUT2D eigenvalue weighted by Crippen LogP contribution is -2.36. The third-order valence-electron chi connectivity index (χ3n) is 4.37. The van der Waals surface area contributed by atoms with Crippen LogP contribution < -0.4 is 4.31 Å². The van der Waals surface area contributed by atoms with Crippen LogP contribution >= 0.6 is 23.2 Å². The van der Waals surface area contributed by atoms with Crippen LogP contribution in [0.2, 0.25) is 10.0 Å². The largest absolute Gasteiger partial charge is 0.481 e. The molecule has 0 aromatic heterocycles. The highest BCUT2D eigenvalue weighted by Crippen LogP contribution is 2.38. The third-order valence-corrected chi connectivity index (χ3v) is 7.30.